The van der Waals surface area contributed by atoms with Crippen LogP contribution in [0.15, 0.2) is 36.4 Å². The zero-order chi connectivity index (χ0) is 14.9. The first-order valence-corrected chi connectivity index (χ1v) is 7.90. The van der Waals surface area contributed by atoms with E-state index in [0.29, 0.717) is 0 Å². The molecule has 0 unspecified atom stereocenters. The van der Waals surface area contributed by atoms with E-state index in [1.807, 2.05) is 6.07 Å². The molecule has 0 saturated heterocycles. The van der Waals surface area contributed by atoms with Gasteiger partial charge in [0.2, 0.25) is 0 Å². The Hall–Kier alpha value is -0.870. The summed E-state index contributed by atoms with van der Waals surface area (Å²) in [6, 6.07) is 13.0. The first kappa shape index (κ1) is 15.5. The molecule has 0 fully saturated rings. The maximum Gasteiger partial charge on any atom is 0.0682 e. The predicted octanol–water partition coefficient (Wildman–Crippen LogP) is 5.13. The lowest BCUT2D eigenvalue weighted by Crippen LogP contribution is -2.06. The van der Waals surface area contributed by atoms with Crippen molar-refractivity contribution in [1.82, 2.24) is 0 Å². The van der Waals surface area contributed by atoms with Gasteiger partial charge in [-0.1, -0.05) is 58.0 Å². The highest BCUT2D eigenvalue weighted by Gasteiger charge is 2.17. The van der Waals surface area contributed by atoms with Gasteiger partial charge >= 0.3 is 0 Å². The second-order valence-corrected chi connectivity index (χ2v) is 8.62. The Morgan fingerprint density at radius 2 is 1.45 bits per heavy atom. The fourth-order valence-corrected chi connectivity index (χ4v) is 2.72. The predicted molar refractivity (Wildman–Crippen MR) is 94.3 cm³/mol. The molecule has 0 bridgehead atoms. The fraction of sp³-hybridized carbons (Fsp3) is 0.333. The Bertz CT molecular complexity index is 624. The molecule has 0 heterocycles. The van der Waals surface area contributed by atoms with Crippen LogP contribution in [0.5, 0.6) is 0 Å². The Morgan fingerprint density at radius 3 is 2.00 bits per heavy atom. The van der Waals surface area contributed by atoms with Gasteiger partial charge in [-0.15, -0.1) is 0 Å². The molecule has 0 aliphatic carbocycles. The summed E-state index contributed by atoms with van der Waals surface area (Å²) in [6.07, 6.45) is 0. The van der Waals surface area contributed by atoms with E-state index in [9.17, 15) is 5.11 Å². The quantitative estimate of drug-likeness (QED) is 0.578. The van der Waals surface area contributed by atoms with Crippen molar-refractivity contribution in [3.63, 3.8) is 0 Å². The summed E-state index contributed by atoms with van der Waals surface area (Å²) in [6.45, 7) is 8.74. The van der Waals surface area contributed by atoms with Crippen LogP contribution in [0.2, 0.25) is 0 Å². The lowest BCUT2D eigenvalue weighted by atomic mass is 9.93. The molecule has 0 spiro atoms. The molecule has 0 saturated carbocycles. The minimum absolute atomic E-state index is 0.0884. The molecule has 0 aliphatic heterocycles. The molecule has 0 aromatic heterocycles. The summed E-state index contributed by atoms with van der Waals surface area (Å²) in [4.78, 5) is 0. The van der Waals surface area contributed by atoms with Crippen molar-refractivity contribution in [3.05, 3.63) is 58.7 Å². The highest BCUT2D eigenvalue weighted by Crippen LogP contribution is 2.34. The molecule has 0 radical (unpaired) electrons. The summed E-state index contributed by atoms with van der Waals surface area (Å²) >= 11 is 2.48. The summed E-state index contributed by atoms with van der Waals surface area (Å²) in [5, 5.41) is 9.37. The number of aryl methyl sites for hydroxylation is 2. The number of rotatable bonds is 3. The average Bonchev–Trinajstić information content (AvgIpc) is 2.36. The molecule has 0 amide bonds. The van der Waals surface area contributed by atoms with Crippen LogP contribution in [0.1, 0.15) is 36.1 Å². The monoisotopic (exact) mass is 380 g/mol. The van der Waals surface area contributed by atoms with Crippen LogP contribution in [0, 0.1) is 13.8 Å². The van der Waals surface area contributed by atoms with Gasteiger partial charge in [0.25, 0.3) is 0 Å². The summed E-state index contributed by atoms with van der Waals surface area (Å²) < 4.78 is 0.113. The van der Waals surface area contributed by atoms with Crippen molar-refractivity contribution in [1.29, 1.82) is 0 Å². The number of hydrogen-bond donors (Lipinski definition) is 1. The standard InChI is InChI=1S/C18H21IO/c1-12-5-14(11-20)9-15(6-12)16-7-13(2)8-17(10-16)18(3,4)19/h5-10,20H,11H2,1-4H3. The SMILES string of the molecule is Cc1cc(CO)cc(-c2cc(C)cc(C(C)(C)I)c2)c1. The van der Waals surface area contributed by atoms with Crippen molar-refractivity contribution in [2.45, 2.75) is 37.7 Å². The van der Waals surface area contributed by atoms with Crippen molar-refractivity contribution in [2.75, 3.05) is 0 Å². The Kier molecular flexibility index (Phi) is 4.55. The van der Waals surface area contributed by atoms with Crippen LogP contribution >= 0.6 is 22.6 Å². The van der Waals surface area contributed by atoms with Gasteiger partial charge < -0.3 is 5.11 Å². The molecule has 1 nitrogen and oxygen atoms in total. The molecule has 2 heteroatoms. The van der Waals surface area contributed by atoms with E-state index in [2.05, 4.69) is 80.6 Å². The van der Waals surface area contributed by atoms with Gasteiger partial charge in [0, 0.05) is 3.42 Å². The van der Waals surface area contributed by atoms with Gasteiger partial charge in [0.15, 0.2) is 0 Å². The van der Waals surface area contributed by atoms with Gasteiger partial charge in [-0.2, -0.15) is 0 Å². The third kappa shape index (κ3) is 3.61. The van der Waals surface area contributed by atoms with Gasteiger partial charge in [-0.05, 0) is 62.1 Å². The zero-order valence-electron chi connectivity index (χ0n) is 12.5. The summed E-state index contributed by atoms with van der Waals surface area (Å²) in [5.41, 5.74) is 7.16. The fourth-order valence-electron chi connectivity index (χ4n) is 2.41. The minimum Gasteiger partial charge on any atom is -0.392 e. The minimum atomic E-state index is 0.0884. The number of benzene rings is 2. The molecular weight excluding hydrogens is 359 g/mol. The zero-order valence-corrected chi connectivity index (χ0v) is 14.7. The van der Waals surface area contributed by atoms with Crippen LogP contribution in [-0.4, -0.2) is 5.11 Å². The Labute approximate surface area is 135 Å². The third-order valence-electron chi connectivity index (χ3n) is 3.42. The van der Waals surface area contributed by atoms with E-state index in [4.69, 9.17) is 0 Å². The third-order valence-corrected chi connectivity index (χ3v) is 4.04. The maximum atomic E-state index is 9.37. The first-order valence-electron chi connectivity index (χ1n) is 6.82. The van der Waals surface area contributed by atoms with Gasteiger partial charge in [0.05, 0.1) is 6.61 Å². The molecule has 20 heavy (non-hydrogen) atoms. The number of hydrogen-bond acceptors (Lipinski definition) is 1. The second kappa shape index (κ2) is 5.86. The topological polar surface area (TPSA) is 20.2 Å². The van der Waals surface area contributed by atoms with Gasteiger partial charge in [-0.3, -0.25) is 0 Å². The van der Waals surface area contributed by atoms with E-state index in [0.717, 1.165) is 5.56 Å². The normalized spacial score (nSPS) is 11.7. The van der Waals surface area contributed by atoms with Gasteiger partial charge in [0.1, 0.15) is 0 Å². The lowest BCUT2D eigenvalue weighted by Gasteiger charge is -2.19. The van der Waals surface area contributed by atoms with Crippen molar-refractivity contribution in [3.8, 4) is 11.1 Å². The van der Waals surface area contributed by atoms with Crippen LogP contribution in [0.25, 0.3) is 11.1 Å². The van der Waals surface area contributed by atoms with Crippen molar-refractivity contribution < 1.29 is 5.11 Å². The molecule has 2 aromatic carbocycles. The Morgan fingerprint density at radius 1 is 0.900 bits per heavy atom. The van der Waals surface area contributed by atoms with E-state index in [1.165, 1.54) is 27.8 Å². The molecule has 2 rings (SSSR count). The highest BCUT2D eigenvalue weighted by atomic mass is 127. The number of alkyl halides is 1. The second-order valence-electron chi connectivity index (χ2n) is 5.93. The van der Waals surface area contributed by atoms with Crippen LogP contribution in [-0.2, 0) is 10.0 Å². The van der Waals surface area contributed by atoms with Crippen LogP contribution in [0.3, 0.4) is 0 Å². The molecule has 1 N–H and O–H groups in total. The van der Waals surface area contributed by atoms with Crippen LogP contribution < -0.4 is 0 Å². The van der Waals surface area contributed by atoms with Crippen molar-refractivity contribution >= 4 is 22.6 Å². The summed E-state index contributed by atoms with van der Waals surface area (Å²) in [7, 11) is 0. The Balaban J connectivity index is 2.58. The van der Waals surface area contributed by atoms with Gasteiger partial charge in [-0.25, -0.2) is 0 Å². The summed E-state index contributed by atoms with van der Waals surface area (Å²) in [5.74, 6) is 0. The largest absolute Gasteiger partial charge is 0.392 e. The van der Waals surface area contributed by atoms with Crippen LogP contribution in [0.4, 0.5) is 0 Å². The van der Waals surface area contributed by atoms with E-state index < -0.39 is 0 Å². The molecule has 0 atom stereocenters. The van der Waals surface area contributed by atoms with E-state index in [-0.39, 0.29) is 10.0 Å². The van der Waals surface area contributed by atoms with Crippen molar-refractivity contribution in [2.24, 2.45) is 0 Å². The smallest absolute Gasteiger partial charge is 0.0682 e. The average molecular weight is 380 g/mol. The maximum absolute atomic E-state index is 9.37. The molecule has 106 valence electrons. The number of aliphatic hydroxyl groups is 1. The highest BCUT2D eigenvalue weighted by molar-refractivity contribution is 14.1. The molecule has 0 aliphatic rings. The van der Waals surface area contributed by atoms with E-state index in [1.54, 1.807) is 0 Å². The number of aliphatic hydroxyl groups excluding tert-OH is 1. The number of halogens is 1. The van der Waals surface area contributed by atoms with E-state index >= 15 is 0 Å². The molecular formula is C18H21IO. The first-order chi connectivity index (χ1) is 9.29. The molecule has 2 aromatic rings. The lowest BCUT2D eigenvalue weighted by molar-refractivity contribution is 0.282.